The number of allylic oxidation sites excluding steroid dienone is 1. The summed E-state index contributed by atoms with van der Waals surface area (Å²) in [5.41, 5.74) is 1.33. The van der Waals surface area contributed by atoms with Crippen molar-refractivity contribution in [2.45, 2.75) is 13.8 Å². The highest BCUT2D eigenvalue weighted by molar-refractivity contribution is 9.10. The minimum atomic E-state index is -0.414. The Hall–Kier alpha value is -1.16. The fraction of sp³-hybridized carbons (Fsp3) is 0.250. The van der Waals surface area contributed by atoms with E-state index in [2.05, 4.69) is 15.9 Å². The zero-order chi connectivity index (χ0) is 12.1. The third-order valence-corrected chi connectivity index (χ3v) is 2.64. The Morgan fingerprint density at radius 2 is 2.25 bits per heavy atom. The molecule has 16 heavy (non-hydrogen) atoms. The second-order valence-corrected chi connectivity index (χ2v) is 4.06. The zero-order valence-electron chi connectivity index (χ0n) is 9.09. The molecule has 0 heterocycles. The lowest BCUT2D eigenvalue weighted by atomic mass is 10.1. The normalized spacial score (nSPS) is 11.4. The Morgan fingerprint density at radius 3 is 2.81 bits per heavy atom. The Kier molecular flexibility index (Phi) is 4.68. The van der Waals surface area contributed by atoms with Gasteiger partial charge >= 0.3 is 5.97 Å². The molecule has 0 saturated heterocycles. The third kappa shape index (κ3) is 3.45. The SMILES string of the molecule is CCOC(=O)C=C(C)c1ccc(Br)c(F)c1. The van der Waals surface area contributed by atoms with Crippen molar-refractivity contribution in [3.8, 4) is 0 Å². The molecular weight excluding hydrogens is 275 g/mol. The lowest BCUT2D eigenvalue weighted by Gasteiger charge is -2.03. The molecule has 0 N–H and O–H groups in total. The van der Waals surface area contributed by atoms with E-state index in [0.29, 0.717) is 22.2 Å². The summed E-state index contributed by atoms with van der Waals surface area (Å²) in [4.78, 5) is 11.2. The Balaban J connectivity index is 2.91. The van der Waals surface area contributed by atoms with Crippen LogP contribution in [0.25, 0.3) is 5.57 Å². The van der Waals surface area contributed by atoms with E-state index in [4.69, 9.17) is 4.74 Å². The highest BCUT2D eigenvalue weighted by Gasteiger charge is 2.04. The van der Waals surface area contributed by atoms with Crippen molar-refractivity contribution in [2.24, 2.45) is 0 Å². The molecule has 1 aromatic carbocycles. The summed E-state index contributed by atoms with van der Waals surface area (Å²) in [5.74, 6) is -0.766. The van der Waals surface area contributed by atoms with Crippen molar-refractivity contribution in [1.82, 2.24) is 0 Å². The van der Waals surface area contributed by atoms with E-state index < -0.39 is 5.97 Å². The average Bonchev–Trinajstić information content (AvgIpc) is 2.22. The number of rotatable bonds is 3. The fourth-order valence-electron chi connectivity index (χ4n) is 1.19. The molecule has 0 aliphatic rings. The maximum absolute atomic E-state index is 13.2. The van der Waals surface area contributed by atoms with Gasteiger partial charge in [0.1, 0.15) is 5.82 Å². The van der Waals surface area contributed by atoms with Crippen LogP contribution < -0.4 is 0 Å². The highest BCUT2D eigenvalue weighted by Crippen LogP contribution is 2.21. The first-order chi connectivity index (χ1) is 7.54. The van der Waals surface area contributed by atoms with Crippen molar-refractivity contribution in [3.63, 3.8) is 0 Å². The number of benzene rings is 1. The van der Waals surface area contributed by atoms with Crippen LogP contribution in [-0.4, -0.2) is 12.6 Å². The number of hydrogen-bond acceptors (Lipinski definition) is 2. The van der Waals surface area contributed by atoms with Crippen LogP contribution in [0.4, 0.5) is 4.39 Å². The minimum Gasteiger partial charge on any atom is -0.463 e. The average molecular weight is 287 g/mol. The molecule has 0 spiro atoms. The molecule has 4 heteroatoms. The van der Waals surface area contributed by atoms with Gasteiger partial charge in [-0.2, -0.15) is 0 Å². The molecule has 1 aromatic rings. The number of hydrogen-bond donors (Lipinski definition) is 0. The Labute approximate surface area is 102 Å². The number of carbonyl (C=O) groups is 1. The zero-order valence-corrected chi connectivity index (χ0v) is 10.7. The number of esters is 1. The van der Waals surface area contributed by atoms with Crippen molar-refractivity contribution in [3.05, 3.63) is 40.1 Å². The van der Waals surface area contributed by atoms with Gasteiger partial charge in [0.05, 0.1) is 11.1 Å². The van der Waals surface area contributed by atoms with Crippen molar-refractivity contribution in [2.75, 3.05) is 6.61 Å². The highest BCUT2D eigenvalue weighted by atomic mass is 79.9. The Morgan fingerprint density at radius 1 is 1.56 bits per heavy atom. The quantitative estimate of drug-likeness (QED) is 0.627. The van der Waals surface area contributed by atoms with Gasteiger partial charge in [0.2, 0.25) is 0 Å². The summed E-state index contributed by atoms with van der Waals surface area (Å²) in [7, 11) is 0. The van der Waals surface area contributed by atoms with Gasteiger partial charge in [0, 0.05) is 6.08 Å². The monoisotopic (exact) mass is 286 g/mol. The van der Waals surface area contributed by atoms with Gasteiger partial charge in [-0.15, -0.1) is 0 Å². The number of halogens is 2. The second kappa shape index (κ2) is 5.80. The van der Waals surface area contributed by atoms with Crippen LogP contribution in [0.1, 0.15) is 19.4 Å². The predicted molar refractivity (Wildman–Crippen MR) is 64.4 cm³/mol. The molecule has 0 aliphatic heterocycles. The molecule has 0 fully saturated rings. The van der Waals surface area contributed by atoms with Crippen molar-refractivity contribution in [1.29, 1.82) is 0 Å². The molecule has 0 radical (unpaired) electrons. The van der Waals surface area contributed by atoms with Crippen LogP contribution >= 0.6 is 15.9 Å². The van der Waals surface area contributed by atoms with Gasteiger partial charge < -0.3 is 4.74 Å². The molecule has 0 saturated carbocycles. The molecule has 2 nitrogen and oxygen atoms in total. The lowest BCUT2D eigenvalue weighted by Crippen LogP contribution is -2.00. The van der Waals surface area contributed by atoms with Crippen LogP contribution in [0.15, 0.2) is 28.7 Å². The molecule has 0 atom stereocenters. The van der Waals surface area contributed by atoms with Crippen LogP contribution in [0.3, 0.4) is 0 Å². The van der Waals surface area contributed by atoms with Gasteiger partial charge in [-0.1, -0.05) is 6.07 Å². The van der Waals surface area contributed by atoms with Gasteiger partial charge in [0.25, 0.3) is 0 Å². The first kappa shape index (κ1) is 12.9. The van der Waals surface area contributed by atoms with E-state index in [1.54, 1.807) is 26.0 Å². The molecule has 86 valence electrons. The summed E-state index contributed by atoms with van der Waals surface area (Å²) in [5, 5.41) is 0. The second-order valence-electron chi connectivity index (χ2n) is 3.21. The van der Waals surface area contributed by atoms with E-state index in [0.717, 1.165) is 0 Å². The standard InChI is InChI=1S/C12H12BrFO2/c1-3-16-12(15)6-8(2)9-4-5-10(13)11(14)7-9/h4-7H,3H2,1-2H3. The molecular formula is C12H12BrFO2. The summed E-state index contributed by atoms with van der Waals surface area (Å²) < 4.78 is 18.4. The topological polar surface area (TPSA) is 26.3 Å². The predicted octanol–water partition coefficient (Wildman–Crippen LogP) is 3.55. The fourth-order valence-corrected chi connectivity index (χ4v) is 1.43. The van der Waals surface area contributed by atoms with Gasteiger partial charge in [-0.25, -0.2) is 9.18 Å². The van der Waals surface area contributed by atoms with Gasteiger partial charge in [0.15, 0.2) is 0 Å². The third-order valence-electron chi connectivity index (χ3n) is 2.00. The molecule has 0 aliphatic carbocycles. The molecule has 1 rings (SSSR count). The van der Waals surface area contributed by atoms with E-state index >= 15 is 0 Å². The molecule has 0 amide bonds. The summed E-state index contributed by atoms with van der Waals surface area (Å²) in [6, 6.07) is 4.71. The lowest BCUT2D eigenvalue weighted by molar-refractivity contribution is -0.137. The Bertz CT molecular complexity index is 427. The van der Waals surface area contributed by atoms with E-state index in [9.17, 15) is 9.18 Å². The van der Waals surface area contributed by atoms with Crippen molar-refractivity contribution >= 4 is 27.5 Å². The first-order valence-corrected chi connectivity index (χ1v) is 5.64. The molecule has 0 bridgehead atoms. The van der Waals surface area contributed by atoms with Crippen LogP contribution in [-0.2, 0) is 9.53 Å². The maximum atomic E-state index is 13.2. The molecule has 0 unspecified atom stereocenters. The summed E-state index contributed by atoms with van der Waals surface area (Å²) in [6.07, 6.45) is 1.35. The van der Waals surface area contributed by atoms with Crippen molar-refractivity contribution < 1.29 is 13.9 Å². The molecule has 0 aromatic heterocycles. The van der Waals surface area contributed by atoms with Crippen LogP contribution in [0.2, 0.25) is 0 Å². The van der Waals surface area contributed by atoms with Crippen LogP contribution in [0, 0.1) is 5.82 Å². The summed E-state index contributed by atoms with van der Waals surface area (Å²) in [6.45, 7) is 3.80. The van der Waals surface area contributed by atoms with Gasteiger partial charge in [-0.3, -0.25) is 0 Å². The van der Waals surface area contributed by atoms with E-state index in [-0.39, 0.29) is 5.82 Å². The van der Waals surface area contributed by atoms with Crippen LogP contribution in [0.5, 0.6) is 0 Å². The minimum absolute atomic E-state index is 0.331. The number of carbonyl (C=O) groups excluding carboxylic acids is 1. The smallest absolute Gasteiger partial charge is 0.331 e. The first-order valence-electron chi connectivity index (χ1n) is 4.85. The largest absolute Gasteiger partial charge is 0.463 e. The van der Waals surface area contributed by atoms with Gasteiger partial charge in [-0.05, 0) is 53.0 Å². The van der Waals surface area contributed by atoms with E-state index in [1.165, 1.54) is 12.1 Å². The maximum Gasteiger partial charge on any atom is 0.331 e. The summed E-state index contributed by atoms with van der Waals surface area (Å²) >= 11 is 3.07. The number of ether oxygens (including phenoxy) is 1. The van der Waals surface area contributed by atoms with E-state index in [1.807, 2.05) is 0 Å².